The molecular weight excluding hydrogens is 488 g/mol. The summed E-state index contributed by atoms with van der Waals surface area (Å²) in [6.07, 6.45) is 6.84. The Hall–Kier alpha value is -2.88. The molecule has 2 atom stereocenters. The zero-order chi connectivity index (χ0) is 26.1. The molecule has 8 nitrogen and oxygen atoms in total. The molecule has 0 bridgehead atoms. The molecule has 6 rings (SSSR count). The summed E-state index contributed by atoms with van der Waals surface area (Å²) in [7, 11) is 0.572. The van der Waals surface area contributed by atoms with E-state index in [0.717, 1.165) is 40.2 Å². The number of amides is 1. The number of nitrogens with two attached hydrogens (primary N) is 1. The molecule has 1 aromatic heterocycles. The number of hydrogen-bond acceptors (Lipinski definition) is 5. The average Bonchev–Trinajstić information content (AvgIpc) is 3.47. The number of carbonyl (C=O) groups excluding carboxylic acids is 1. The van der Waals surface area contributed by atoms with Gasteiger partial charge in [0.25, 0.3) is 5.91 Å². The highest BCUT2D eigenvalue weighted by Gasteiger charge is 2.55. The molecule has 2 aliphatic carbocycles. The van der Waals surface area contributed by atoms with Crippen molar-refractivity contribution in [1.29, 1.82) is 0 Å². The van der Waals surface area contributed by atoms with Crippen LogP contribution in [0.25, 0.3) is 22.2 Å². The molecule has 3 aliphatic rings. The molecule has 2 heterocycles. The van der Waals surface area contributed by atoms with Crippen molar-refractivity contribution >= 4 is 27.0 Å². The number of carbonyl (C=O) groups is 1. The standard InChI is InChI=1S/C28H34N4O4S/c1-31(2)37(34,35)30-27(33)18-9-11-21-24(13-18)32-16-28(29)15-23(28)22-14-19(36-3)10-12-20(22)26(32)25(21)17-7-5-4-6-8-17/h9-14,17,23H,4-8,15-16,29H2,1-3H3,(H,30,33). The number of nitrogens with zero attached hydrogens (tertiary/aromatic N) is 2. The van der Waals surface area contributed by atoms with Gasteiger partial charge >= 0.3 is 10.2 Å². The van der Waals surface area contributed by atoms with Gasteiger partial charge < -0.3 is 15.0 Å². The maximum absolute atomic E-state index is 13.0. The van der Waals surface area contributed by atoms with Gasteiger partial charge in [0, 0.05) is 54.1 Å². The zero-order valence-electron chi connectivity index (χ0n) is 21.6. The first kappa shape index (κ1) is 24.5. The molecule has 3 aromatic rings. The van der Waals surface area contributed by atoms with Crippen LogP contribution < -0.4 is 15.2 Å². The van der Waals surface area contributed by atoms with Crippen LogP contribution in [0.1, 0.15) is 71.8 Å². The minimum absolute atomic E-state index is 0.253. The summed E-state index contributed by atoms with van der Waals surface area (Å²) in [6, 6.07) is 11.9. The summed E-state index contributed by atoms with van der Waals surface area (Å²) >= 11 is 0. The van der Waals surface area contributed by atoms with Crippen LogP contribution in [0, 0.1) is 0 Å². The second-order valence-corrected chi connectivity index (χ2v) is 13.0. The van der Waals surface area contributed by atoms with E-state index in [1.807, 2.05) is 18.2 Å². The Balaban J connectivity index is 1.57. The first-order valence-corrected chi connectivity index (χ1v) is 14.4. The Labute approximate surface area is 218 Å². The molecule has 1 amide bonds. The lowest BCUT2D eigenvalue weighted by Crippen LogP contribution is -2.39. The highest BCUT2D eigenvalue weighted by molar-refractivity contribution is 7.87. The first-order chi connectivity index (χ1) is 17.6. The second-order valence-electron chi connectivity index (χ2n) is 11.1. The van der Waals surface area contributed by atoms with Gasteiger partial charge in [0.15, 0.2) is 0 Å². The van der Waals surface area contributed by atoms with Gasteiger partial charge in [0.2, 0.25) is 0 Å². The van der Waals surface area contributed by atoms with E-state index in [1.54, 1.807) is 13.2 Å². The minimum Gasteiger partial charge on any atom is -0.497 e. The maximum atomic E-state index is 13.0. The van der Waals surface area contributed by atoms with E-state index in [9.17, 15) is 13.2 Å². The van der Waals surface area contributed by atoms with Crippen molar-refractivity contribution in [1.82, 2.24) is 13.6 Å². The average molecular weight is 523 g/mol. The van der Waals surface area contributed by atoms with E-state index in [1.165, 1.54) is 55.7 Å². The number of nitrogens with one attached hydrogen (secondary N) is 1. The van der Waals surface area contributed by atoms with Crippen molar-refractivity contribution < 1.29 is 17.9 Å². The highest BCUT2D eigenvalue weighted by atomic mass is 32.2. The Morgan fingerprint density at radius 3 is 2.59 bits per heavy atom. The van der Waals surface area contributed by atoms with Gasteiger partial charge in [0.1, 0.15) is 5.75 Å². The van der Waals surface area contributed by atoms with Crippen LogP contribution in [-0.4, -0.2) is 49.9 Å². The van der Waals surface area contributed by atoms with E-state index in [-0.39, 0.29) is 11.5 Å². The van der Waals surface area contributed by atoms with Crippen molar-refractivity contribution in [3.05, 3.63) is 53.1 Å². The van der Waals surface area contributed by atoms with Crippen LogP contribution in [-0.2, 0) is 16.8 Å². The SMILES string of the molecule is COc1ccc2c(c1)C1CC1(N)Cn1c-2c(C2CCCCC2)c2ccc(C(=O)NS(=O)(=O)N(C)C)cc21. The summed E-state index contributed by atoms with van der Waals surface area (Å²) in [5.41, 5.74) is 12.8. The van der Waals surface area contributed by atoms with E-state index in [0.29, 0.717) is 18.0 Å². The van der Waals surface area contributed by atoms with Crippen molar-refractivity contribution in [3.63, 3.8) is 0 Å². The maximum Gasteiger partial charge on any atom is 0.303 e. The lowest BCUT2D eigenvalue weighted by atomic mass is 9.81. The van der Waals surface area contributed by atoms with Gasteiger partial charge in [-0.15, -0.1) is 0 Å². The molecule has 2 unspecified atom stereocenters. The molecule has 2 saturated carbocycles. The topological polar surface area (TPSA) is 107 Å². The molecule has 3 N–H and O–H groups in total. The van der Waals surface area contributed by atoms with E-state index >= 15 is 0 Å². The molecule has 196 valence electrons. The smallest absolute Gasteiger partial charge is 0.303 e. The molecule has 0 saturated heterocycles. The minimum atomic E-state index is -3.90. The van der Waals surface area contributed by atoms with Gasteiger partial charge in [-0.3, -0.25) is 4.79 Å². The fourth-order valence-electron chi connectivity index (χ4n) is 6.43. The first-order valence-electron chi connectivity index (χ1n) is 13.0. The van der Waals surface area contributed by atoms with Crippen molar-refractivity contribution in [2.24, 2.45) is 5.73 Å². The van der Waals surface area contributed by atoms with Crippen molar-refractivity contribution in [3.8, 4) is 17.0 Å². The molecule has 2 aromatic carbocycles. The van der Waals surface area contributed by atoms with Crippen LogP contribution in [0.3, 0.4) is 0 Å². The summed E-state index contributed by atoms with van der Waals surface area (Å²) in [6.45, 7) is 0.647. The summed E-state index contributed by atoms with van der Waals surface area (Å²) in [5, 5.41) is 1.12. The number of rotatable bonds is 5. The Bertz CT molecular complexity index is 1520. The third-order valence-corrected chi connectivity index (χ3v) is 9.95. The molecule has 9 heteroatoms. The molecule has 0 radical (unpaired) electrons. The van der Waals surface area contributed by atoms with Crippen LogP contribution in [0.15, 0.2) is 36.4 Å². The van der Waals surface area contributed by atoms with Crippen LogP contribution in [0.2, 0.25) is 0 Å². The number of hydrogen-bond donors (Lipinski definition) is 2. The predicted molar refractivity (Wildman–Crippen MR) is 144 cm³/mol. The van der Waals surface area contributed by atoms with Gasteiger partial charge in [-0.2, -0.15) is 12.7 Å². The number of aromatic nitrogens is 1. The quantitative estimate of drug-likeness (QED) is 0.525. The number of methoxy groups -OCH3 is 1. The van der Waals surface area contributed by atoms with E-state index in [4.69, 9.17) is 10.5 Å². The fourth-order valence-corrected chi connectivity index (χ4v) is 6.96. The van der Waals surface area contributed by atoms with Gasteiger partial charge in [0.05, 0.1) is 12.8 Å². The lowest BCUT2D eigenvalue weighted by molar-refractivity contribution is 0.0980. The van der Waals surface area contributed by atoms with Crippen molar-refractivity contribution in [2.75, 3.05) is 21.2 Å². The third-order valence-electron chi connectivity index (χ3n) is 8.54. The largest absolute Gasteiger partial charge is 0.497 e. The second kappa shape index (κ2) is 8.58. The normalized spacial score (nSPS) is 23.2. The number of ether oxygens (including phenoxy) is 1. The summed E-state index contributed by atoms with van der Waals surface area (Å²) in [5.74, 6) is 0.872. The number of benzene rings is 2. The number of fused-ring (bicyclic) bond motifs is 7. The molecule has 0 spiro atoms. The lowest BCUT2D eigenvalue weighted by Gasteiger charge is -2.24. The molecule has 1 aliphatic heterocycles. The summed E-state index contributed by atoms with van der Waals surface area (Å²) < 4.78 is 35.6. The summed E-state index contributed by atoms with van der Waals surface area (Å²) in [4.78, 5) is 13.0. The van der Waals surface area contributed by atoms with Crippen molar-refractivity contribution in [2.45, 2.75) is 62.4 Å². The monoisotopic (exact) mass is 522 g/mol. The zero-order valence-corrected chi connectivity index (χ0v) is 22.4. The molecular formula is C28H34N4O4S. The van der Waals surface area contributed by atoms with E-state index in [2.05, 4.69) is 21.4 Å². The Morgan fingerprint density at radius 2 is 1.89 bits per heavy atom. The van der Waals surface area contributed by atoms with Gasteiger partial charge in [-0.25, -0.2) is 4.72 Å². The van der Waals surface area contributed by atoms with Gasteiger partial charge in [-0.05, 0) is 66.6 Å². The predicted octanol–water partition coefficient (Wildman–Crippen LogP) is 4.10. The molecule has 37 heavy (non-hydrogen) atoms. The Morgan fingerprint density at radius 1 is 1.14 bits per heavy atom. The van der Waals surface area contributed by atoms with Crippen LogP contribution in [0.5, 0.6) is 5.75 Å². The van der Waals surface area contributed by atoms with Crippen LogP contribution in [0.4, 0.5) is 0 Å². The highest BCUT2D eigenvalue weighted by Crippen LogP contribution is 2.58. The van der Waals surface area contributed by atoms with E-state index < -0.39 is 16.1 Å². The molecule has 2 fully saturated rings. The third kappa shape index (κ3) is 3.95. The fraction of sp³-hybridized carbons (Fsp3) is 0.464. The Kier molecular flexibility index (Phi) is 5.67. The van der Waals surface area contributed by atoms with Crippen LogP contribution >= 0.6 is 0 Å². The van der Waals surface area contributed by atoms with Gasteiger partial charge in [-0.1, -0.05) is 25.3 Å².